The molecule has 0 aromatic heterocycles. The summed E-state index contributed by atoms with van der Waals surface area (Å²) in [5, 5.41) is 0. The van der Waals surface area contributed by atoms with Crippen LogP contribution in [0, 0.1) is 7.43 Å². The van der Waals surface area contributed by atoms with Gasteiger partial charge in [0.25, 0.3) is 0 Å². The SMILES string of the molecule is [CH3-].[Hf].c1cc[cH-]c1. The van der Waals surface area contributed by atoms with Crippen LogP contribution < -0.4 is 0 Å². The van der Waals surface area contributed by atoms with Crippen LogP contribution in [-0.2, 0) is 25.8 Å². The summed E-state index contributed by atoms with van der Waals surface area (Å²) in [5.41, 5.74) is 0. The van der Waals surface area contributed by atoms with E-state index in [9.17, 15) is 0 Å². The third kappa shape index (κ3) is 4.07. The first kappa shape index (κ1) is 10.3. The van der Waals surface area contributed by atoms with E-state index >= 15 is 0 Å². The summed E-state index contributed by atoms with van der Waals surface area (Å²) in [7, 11) is 0. The molecule has 0 nitrogen and oxygen atoms in total. The van der Waals surface area contributed by atoms with E-state index in [4.69, 9.17) is 0 Å². The van der Waals surface area contributed by atoms with E-state index in [1.54, 1.807) is 0 Å². The van der Waals surface area contributed by atoms with E-state index < -0.39 is 0 Å². The standard InChI is InChI=1S/C5H5.CH3.Hf/c1-2-4-5-3-1;;/h1-5H;1H3;/q2*-1;. The summed E-state index contributed by atoms with van der Waals surface area (Å²) in [4.78, 5) is 0. The Morgan fingerprint density at radius 3 is 1.57 bits per heavy atom. The van der Waals surface area contributed by atoms with Crippen molar-refractivity contribution in [2.24, 2.45) is 0 Å². The van der Waals surface area contributed by atoms with Gasteiger partial charge in [0.05, 0.1) is 0 Å². The molecular weight excluding hydrogens is 251 g/mol. The summed E-state index contributed by atoms with van der Waals surface area (Å²) < 4.78 is 0. The van der Waals surface area contributed by atoms with Crippen LogP contribution in [0.4, 0.5) is 0 Å². The summed E-state index contributed by atoms with van der Waals surface area (Å²) in [5.74, 6) is 0. The molecule has 1 aromatic rings. The van der Waals surface area contributed by atoms with Gasteiger partial charge in [-0.1, -0.05) is 0 Å². The Hall–Kier alpha value is 0.220. The number of hydrogen-bond acceptors (Lipinski definition) is 0. The number of hydrogen-bond donors (Lipinski definition) is 0. The van der Waals surface area contributed by atoms with Gasteiger partial charge in [0, 0.05) is 25.8 Å². The molecule has 0 saturated carbocycles. The van der Waals surface area contributed by atoms with Gasteiger partial charge in [0.1, 0.15) is 0 Å². The van der Waals surface area contributed by atoms with Crippen molar-refractivity contribution in [3.05, 3.63) is 37.8 Å². The molecule has 0 bridgehead atoms. The second-order valence-electron chi connectivity index (χ2n) is 0.962. The Bertz CT molecular complexity index is 60.7. The molecule has 0 saturated heterocycles. The fourth-order valence-electron chi connectivity index (χ4n) is 0.321. The fraction of sp³-hybridized carbons (Fsp3) is 0. The van der Waals surface area contributed by atoms with Crippen LogP contribution in [0.2, 0.25) is 0 Å². The molecule has 1 rings (SSSR count). The van der Waals surface area contributed by atoms with Crippen molar-refractivity contribution in [1.29, 1.82) is 0 Å². The van der Waals surface area contributed by atoms with Gasteiger partial charge in [-0.25, -0.2) is 12.1 Å². The predicted molar refractivity (Wildman–Crippen MR) is 28.4 cm³/mol. The largest absolute Gasteiger partial charge is 0.358 e. The molecule has 0 heterocycles. The van der Waals surface area contributed by atoms with Crippen molar-refractivity contribution >= 4 is 0 Å². The Kier molecular flexibility index (Phi) is 9.11. The van der Waals surface area contributed by atoms with E-state index in [0.717, 1.165) is 0 Å². The summed E-state index contributed by atoms with van der Waals surface area (Å²) in [6.45, 7) is 0. The van der Waals surface area contributed by atoms with Gasteiger partial charge in [0.15, 0.2) is 0 Å². The van der Waals surface area contributed by atoms with Crippen LogP contribution in [-0.4, -0.2) is 0 Å². The van der Waals surface area contributed by atoms with Gasteiger partial charge in [-0.05, 0) is 0 Å². The minimum atomic E-state index is 0. The smallest absolute Gasteiger partial charge is 0 e. The molecule has 0 aliphatic rings. The molecule has 0 amide bonds. The zero-order valence-corrected chi connectivity index (χ0v) is 7.98. The van der Waals surface area contributed by atoms with Gasteiger partial charge in [-0.2, -0.15) is 18.2 Å². The second kappa shape index (κ2) is 6.22. The van der Waals surface area contributed by atoms with E-state index in [2.05, 4.69) is 0 Å². The molecule has 0 aliphatic carbocycles. The van der Waals surface area contributed by atoms with Crippen molar-refractivity contribution in [2.75, 3.05) is 0 Å². The molecule has 0 aliphatic heterocycles. The number of rotatable bonds is 0. The van der Waals surface area contributed by atoms with Crippen LogP contribution >= 0.6 is 0 Å². The fourth-order valence-corrected chi connectivity index (χ4v) is 0.321. The molecule has 0 unspecified atom stereocenters. The van der Waals surface area contributed by atoms with Crippen molar-refractivity contribution in [2.45, 2.75) is 0 Å². The molecule has 7 heavy (non-hydrogen) atoms. The van der Waals surface area contributed by atoms with Crippen molar-refractivity contribution in [3.8, 4) is 0 Å². The molecule has 0 spiro atoms. The maximum Gasteiger partial charge on any atom is 0 e. The molecule has 0 radical (unpaired) electrons. The van der Waals surface area contributed by atoms with Crippen molar-refractivity contribution in [1.82, 2.24) is 0 Å². The van der Waals surface area contributed by atoms with Crippen LogP contribution in [0.1, 0.15) is 0 Å². The minimum Gasteiger partial charge on any atom is -0.358 e. The van der Waals surface area contributed by atoms with Gasteiger partial charge >= 0.3 is 0 Å². The molecule has 0 atom stereocenters. The predicted octanol–water partition coefficient (Wildman–Crippen LogP) is 1.85. The van der Waals surface area contributed by atoms with Gasteiger partial charge in [-0.15, -0.1) is 0 Å². The Morgan fingerprint density at radius 1 is 1.00 bits per heavy atom. The Balaban J connectivity index is 0. The Labute approximate surface area is 63.7 Å². The minimum absolute atomic E-state index is 0. The van der Waals surface area contributed by atoms with Crippen LogP contribution in [0.3, 0.4) is 0 Å². The van der Waals surface area contributed by atoms with E-state index in [-0.39, 0.29) is 33.3 Å². The maximum absolute atomic E-state index is 2.00. The van der Waals surface area contributed by atoms with Gasteiger partial charge in [-0.3, -0.25) is 0 Å². The average Bonchev–Trinajstić information content (AvgIpc) is 1.76. The third-order valence-corrected chi connectivity index (χ3v) is 0.556. The van der Waals surface area contributed by atoms with Gasteiger partial charge < -0.3 is 7.43 Å². The topological polar surface area (TPSA) is 0 Å². The van der Waals surface area contributed by atoms with Crippen molar-refractivity contribution < 1.29 is 25.8 Å². The van der Waals surface area contributed by atoms with E-state index in [1.165, 1.54) is 0 Å². The van der Waals surface area contributed by atoms with Crippen LogP contribution in [0.25, 0.3) is 0 Å². The summed E-state index contributed by atoms with van der Waals surface area (Å²) >= 11 is 0. The van der Waals surface area contributed by atoms with Crippen molar-refractivity contribution in [3.63, 3.8) is 0 Å². The van der Waals surface area contributed by atoms with Crippen LogP contribution in [0.5, 0.6) is 0 Å². The first-order valence-corrected chi connectivity index (χ1v) is 1.67. The zero-order valence-electron chi connectivity index (χ0n) is 4.39. The summed E-state index contributed by atoms with van der Waals surface area (Å²) in [6.07, 6.45) is 0. The molecule has 0 N–H and O–H groups in total. The first-order valence-electron chi connectivity index (χ1n) is 1.67. The average molecular weight is 259 g/mol. The third-order valence-electron chi connectivity index (χ3n) is 0.556. The second-order valence-corrected chi connectivity index (χ2v) is 0.962. The molecular formula is C6H8Hf-2. The molecule has 1 aromatic carbocycles. The molecule has 1 heteroatoms. The normalized spacial score (nSPS) is 5.71. The zero-order chi connectivity index (χ0) is 3.54. The van der Waals surface area contributed by atoms with E-state index in [1.807, 2.05) is 30.3 Å². The summed E-state index contributed by atoms with van der Waals surface area (Å²) in [6, 6.07) is 10.0. The quantitative estimate of drug-likeness (QED) is 0.492. The van der Waals surface area contributed by atoms with Crippen LogP contribution in [0.15, 0.2) is 30.3 Å². The molecule has 38 valence electrons. The maximum atomic E-state index is 2.00. The van der Waals surface area contributed by atoms with Gasteiger partial charge in [0.2, 0.25) is 0 Å². The van der Waals surface area contributed by atoms with E-state index in [0.29, 0.717) is 0 Å². The first-order chi connectivity index (χ1) is 2.50. The molecule has 0 fully saturated rings. The Morgan fingerprint density at radius 2 is 1.43 bits per heavy atom. The monoisotopic (exact) mass is 260 g/mol.